The number of thiazole rings is 1. The van der Waals surface area contributed by atoms with Crippen LogP contribution in [0.25, 0.3) is 11.3 Å². The molecule has 0 spiro atoms. The van der Waals surface area contributed by atoms with E-state index in [0.717, 1.165) is 4.88 Å². The lowest BCUT2D eigenvalue weighted by atomic mass is 9.86. The van der Waals surface area contributed by atoms with Crippen molar-refractivity contribution >= 4 is 17.2 Å². The number of furan rings is 1. The number of hydrogen-bond donors (Lipinski definition) is 1. The van der Waals surface area contributed by atoms with E-state index in [1.165, 1.54) is 11.3 Å². The molecule has 3 aromatic heterocycles. The molecule has 1 aliphatic heterocycles. The fourth-order valence-corrected chi connectivity index (χ4v) is 4.74. The molecule has 0 bridgehead atoms. The number of ether oxygens (including phenoxy) is 2. The molecule has 2 aliphatic rings. The van der Waals surface area contributed by atoms with Gasteiger partial charge in [0.25, 0.3) is 5.91 Å². The van der Waals surface area contributed by atoms with Crippen molar-refractivity contribution in [3.63, 3.8) is 0 Å². The first kappa shape index (κ1) is 22.1. The van der Waals surface area contributed by atoms with E-state index in [1.54, 1.807) is 22.6 Å². The highest BCUT2D eigenvalue weighted by atomic mass is 32.1. The minimum Gasteiger partial charge on any atom is -0.455 e. The largest absolute Gasteiger partial charge is 0.455 e. The Morgan fingerprint density at radius 2 is 2.21 bits per heavy atom. The van der Waals surface area contributed by atoms with E-state index in [9.17, 15) is 18.0 Å². The van der Waals surface area contributed by atoms with Gasteiger partial charge in [0.2, 0.25) is 5.76 Å². The van der Waals surface area contributed by atoms with Crippen LogP contribution in [0.1, 0.15) is 45.2 Å². The summed E-state index contributed by atoms with van der Waals surface area (Å²) >= 11 is 1.29. The maximum Gasteiger partial charge on any atom is 0.420 e. The monoisotopic (exact) mass is 482 g/mol. The minimum absolute atomic E-state index is 0.0614. The van der Waals surface area contributed by atoms with Gasteiger partial charge in [-0.3, -0.25) is 14.5 Å². The Morgan fingerprint density at radius 1 is 1.36 bits per heavy atom. The van der Waals surface area contributed by atoms with Crippen molar-refractivity contribution in [1.82, 2.24) is 20.1 Å². The average Bonchev–Trinajstić information content (AvgIpc) is 3.50. The Morgan fingerprint density at radius 3 is 2.91 bits per heavy atom. The summed E-state index contributed by atoms with van der Waals surface area (Å²) in [5.41, 5.74) is 1.21. The molecule has 0 saturated carbocycles. The minimum atomic E-state index is -4.80. The maximum absolute atomic E-state index is 14.2. The molecule has 0 aromatic carbocycles. The van der Waals surface area contributed by atoms with E-state index in [0.29, 0.717) is 31.9 Å². The van der Waals surface area contributed by atoms with Gasteiger partial charge in [-0.1, -0.05) is 6.92 Å². The quantitative estimate of drug-likeness (QED) is 0.597. The summed E-state index contributed by atoms with van der Waals surface area (Å²) < 4.78 is 60.8. The molecule has 1 fully saturated rings. The smallest absolute Gasteiger partial charge is 0.420 e. The zero-order valence-electron chi connectivity index (χ0n) is 17.6. The molecule has 8 nitrogen and oxygen atoms in total. The van der Waals surface area contributed by atoms with Crippen molar-refractivity contribution in [2.45, 2.75) is 44.6 Å². The van der Waals surface area contributed by atoms with E-state index in [1.807, 2.05) is 6.92 Å². The number of carbonyl (C=O) groups is 1. The molecule has 0 unspecified atom stereocenters. The van der Waals surface area contributed by atoms with Crippen LogP contribution in [0, 0.1) is 0 Å². The molecule has 33 heavy (non-hydrogen) atoms. The average molecular weight is 482 g/mol. The van der Waals surface area contributed by atoms with Gasteiger partial charge in [-0.05, 0) is 5.92 Å². The van der Waals surface area contributed by atoms with Gasteiger partial charge < -0.3 is 19.2 Å². The number of amides is 1. The molecule has 1 saturated heterocycles. The van der Waals surface area contributed by atoms with Crippen LogP contribution in [0.4, 0.5) is 13.2 Å². The summed E-state index contributed by atoms with van der Waals surface area (Å²) in [6.45, 7) is 3.70. The Bertz CT molecular complexity index is 1150. The van der Waals surface area contributed by atoms with Gasteiger partial charge >= 0.3 is 6.18 Å². The van der Waals surface area contributed by atoms with Crippen LogP contribution in [0.15, 0.2) is 22.3 Å². The van der Waals surface area contributed by atoms with Crippen molar-refractivity contribution in [3.05, 3.63) is 45.4 Å². The third-order valence-electron chi connectivity index (χ3n) is 5.70. The molecule has 0 radical (unpaired) electrons. The fraction of sp³-hybridized carbons (Fsp3) is 0.476. The lowest BCUT2D eigenvalue weighted by Crippen LogP contribution is -2.32. The summed E-state index contributed by atoms with van der Waals surface area (Å²) in [5.74, 6) is -1.67. The number of hydrogen-bond acceptors (Lipinski definition) is 7. The first-order chi connectivity index (χ1) is 15.8. The fourth-order valence-electron chi connectivity index (χ4n) is 4.20. The predicted molar refractivity (Wildman–Crippen MR) is 111 cm³/mol. The highest BCUT2D eigenvalue weighted by Crippen LogP contribution is 2.48. The summed E-state index contributed by atoms with van der Waals surface area (Å²) in [7, 11) is 0. The second kappa shape index (κ2) is 8.58. The van der Waals surface area contributed by atoms with Crippen molar-refractivity contribution in [2.75, 3.05) is 19.8 Å². The molecule has 1 amide bonds. The predicted octanol–water partition coefficient (Wildman–Crippen LogP) is 3.62. The van der Waals surface area contributed by atoms with Gasteiger partial charge in [-0.25, -0.2) is 0 Å². The van der Waals surface area contributed by atoms with Crippen molar-refractivity contribution in [2.24, 2.45) is 0 Å². The van der Waals surface area contributed by atoms with Crippen molar-refractivity contribution < 1.29 is 31.9 Å². The summed E-state index contributed by atoms with van der Waals surface area (Å²) in [6, 6.07) is 0. The standard InChI is InChI=1S/C21H21F3N4O4S/c1-11-4-15-16(18-14(11)8-28(27-18)7-12-9-30-2-3-31-12)17(21(22,23)24)19(32-15)20(29)26-6-13-5-25-10-33-13/h5,8,10-12H,2-4,6-7,9H2,1H3,(H,26,29)/t11-,12-/m0/s1. The third kappa shape index (κ3) is 4.30. The topological polar surface area (TPSA) is 91.4 Å². The van der Waals surface area contributed by atoms with Crippen LogP contribution in [-0.4, -0.2) is 46.6 Å². The molecule has 1 aliphatic carbocycles. The van der Waals surface area contributed by atoms with E-state index in [-0.39, 0.29) is 42.0 Å². The van der Waals surface area contributed by atoms with E-state index in [4.69, 9.17) is 13.9 Å². The summed E-state index contributed by atoms with van der Waals surface area (Å²) in [6.07, 6.45) is -1.49. The zero-order chi connectivity index (χ0) is 23.2. The molecular formula is C21H21F3N4O4S. The van der Waals surface area contributed by atoms with Crippen LogP contribution in [0.3, 0.4) is 0 Å². The first-order valence-electron chi connectivity index (χ1n) is 10.5. The lowest BCUT2D eigenvalue weighted by molar-refractivity contribution is -0.137. The molecule has 2 atom stereocenters. The number of carbonyl (C=O) groups excluding carboxylic acids is 1. The van der Waals surface area contributed by atoms with Crippen LogP contribution in [-0.2, 0) is 35.2 Å². The Hall–Kier alpha value is -2.70. The van der Waals surface area contributed by atoms with Crippen LogP contribution < -0.4 is 5.32 Å². The summed E-state index contributed by atoms with van der Waals surface area (Å²) in [5, 5.41) is 6.95. The molecule has 5 rings (SSSR count). The molecule has 12 heteroatoms. The van der Waals surface area contributed by atoms with Crippen molar-refractivity contribution in [1.29, 1.82) is 0 Å². The molecule has 1 N–H and O–H groups in total. The number of rotatable bonds is 5. The third-order valence-corrected chi connectivity index (χ3v) is 6.48. The second-order valence-corrected chi connectivity index (χ2v) is 9.05. The highest BCUT2D eigenvalue weighted by molar-refractivity contribution is 7.09. The number of aromatic nitrogens is 3. The van der Waals surface area contributed by atoms with Gasteiger partial charge in [0, 0.05) is 29.3 Å². The number of halogens is 3. The highest BCUT2D eigenvalue weighted by Gasteiger charge is 2.46. The van der Waals surface area contributed by atoms with Crippen LogP contribution >= 0.6 is 11.3 Å². The Balaban J connectivity index is 1.50. The summed E-state index contributed by atoms with van der Waals surface area (Å²) in [4.78, 5) is 17.3. The lowest BCUT2D eigenvalue weighted by Gasteiger charge is -2.22. The van der Waals surface area contributed by atoms with Gasteiger partial charge in [-0.15, -0.1) is 11.3 Å². The van der Waals surface area contributed by atoms with Gasteiger partial charge in [-0.2, -0.15) is 18.3 Å². The zero-order valence-corrected chi connectivity index (χ0v) is 18.5. The van der Waals surface area contributed by atoms with Gasteiger partial charge in [0.05, 0.1) is 49.7 Å². The maximum atomic E-state index is 14.2. The van der Waals surface area contributed by atoms with E-state index in [2.05, 4.69) is 15.4 Å². The number of nitrogens with one attached hydrogen (secondary N) is 1. The Kier molecular flexibility index (Phi) is 5.75. The first-order valence-corrected chi connectivity index (χ1v) is 11.3. The Labute approximate surface area is 190 Å². The number of alkyl halides is 3. The number of nitrogens with zero attached hydrogens (tertiary/aromatic N) is 3. The van der Waals surface area contributed by atoms with E-state index >= 15 is 0 Å². The van der Waals surface area contributed by atoms with Crippen LogP contribution in [0.5, 0.6) is 0 Å². The number of fused-ring (bicyclic) bond motifs is 3. The van der Waals surface area contributed by atoms with Gasteiger partial charge in [0.1, 0.15) is 17.4 Å². The molecule has 3 aromatic rings. The SMILES string of the molecule is C[C@H]1Cc2oc(C(=O)NCc3cncs3)c(C(F)(F)F)c2-c2nn(C[C@H]3COCCO3)cc21. The van der Waals surface area contributed by atoms with Gasteiger partial charge in [0.15, 0.2) is 0 Å². The normalized spacial score (nSPS) is 20.4. The second-order valence-electron chi connectivity index (χ2n) is 8.08. The molecule has 4 heterocycles. The van der Waals surface area contributed by atoms with E-state index < -0.39 is 23.4 Å². The van der Waals surface area contributed by atoms with Crippen molar-refractivity contribution in [3.8, 4) is 11.3 Å². The molecular weight excluding hydrogens is 461 g/mol. The van der Waals surface area contributed by atoms with Crippen LogP contribution in [0.2, 0.25) is 0 Å². The molecule has 176 valence electrons.